The van der Waals surface area contributed by atoms with Gasteiger partial charge in [0.2, 0.25) is 5.91 Å². The van der Waals surface area contributed by atoms with Crippen molar-refractivity contribution in [3.63, 3.8) is 0 Å². The fraction of sp³-hybridized carbons (Fsp3) is 0.375. The number of likely N-dealkylation sites (N-methyl/N-ethyl adjacent to an activating group) is 1. The number of carbonyl (C=O) groups is 2. The van der Waals surface area contributed by atoms with Crippen LogP contribution in [0.3, 0.4) is 0 Å². The number of ether oxygens (including phenoxy) is 1. The minimum atomic E-state index is -0.412. The third-order valence-corrected chi connectivity index (χ3v) is 5.81. The predicted molar refractivity (Wildman–Crippen MR) is 122 cm³/mol. The number of hydrogen-bond acceptors (Lipinski definition) is 5. The summed E-state index contributed by atoms with van der Waals surface area (Å²) in [6.07, 6.45) is 3.69. The highest BCUT2D eigenvalue weighted by atomic mass is 16.5. The smallest absolute Gasteiger partial charge is 0.274 e. The molecule has 168 valence electrons. The number of para-hydroxylation sites is 1. The topological polar surface area (TPSA) is 79.2 Å². The number of rotatable bonds is 6. The number of hydrogen-bond donors (Lipinski definition) is 1. The van der Waals surface area contributed by atoms with Gasteiger partial charge in [0.05, 0.1) is 6.54 Å². The van der Waals surface area contributed by atoms with Crippen LogP contribution in [0.4, 0.5) is 0 Å². The number of imidazole rings is 1. The Morgan fingerprint density at radius 2 is 1.94 bits per heavy atom. The highest BCUT2D eigenvalue weighted by Crippen LogP contribution is 2.16. The maximum atomic E-state index is 13.1. The van der Waals surface area contributed by atoms with Gasteiger partial charge in [0, 0.05) is 32.0 Å². The first-order valence-electron chi connectivity index (χ1n) is 10.8. The van der Waals surface area contributed by atoms with Crippen molar-refractivity contribution < 1.29 is 14.3 Å². The molecule has 0 radical (unpaired) electrons. The number of nitrogens with one attached hydrogen (secondary N) is 1. The largest absolute Gasteiger partial charge is 0.491 e. The van der Waals surface area contributed by atoms with E-state index in [1.54, 1.807) is 11.1 Å². The Balaban J connectivity index is 1.34. The van der Waals surface area contributed by atoms with Gasteiger partial charge in [-0.25, -0.2) is 4.98 Å². The van der Waals surface area contributed by atoms with E-state index in [1.165, 1.54) is 0 Å². The number of aromatic nitrogens is 2. The van der Waals surface area contributed by atoms with Crippen molar-refractivity contribution in [2.75, 3.05) is 39.8 Å². The number of nitrogens with zero attached hydrogens (tertiary/aromatic N) is 4. The van der Waals surface area contributed by atoms with Crippen LogP contribution in [-0.2, 0) is 4.79 Å². The lowest BCUT2D eigenvalue weighted by atomic mass is 10.1. The maximum absolute atomic E-state index is 13.1. The maximum Gasteiger partial charge on any atom is 0.274 e. The Kier molecular flexibility index (Phi) is 6.41. The number of piperazine rings is 1. The van der Waals surface area contributed by atoms with E-state index in [0.717, 1.165) is 22.5 Å². The molecule has 4 rings (SSSR count). The highest BCUT2D eigenvalue weighted by molar-refractivity contribution is 5.93. The van der Waals surface area contributed by atoms with Crippen LogP contribution in [0.5, 0.6) is 5.75 Å². The second-order valence-corrected chi connectivity index (χ2v) is 8.25. The fourth-order valence-electron chi connectivity index (χ4n) is 3.88. The van der Waals surface area contributed by atoms with Gasteiger partial charge in [0.1, 0.15) is 29.7 Å². The second-order valence-electron chi connectivity index (χ2n) is 8.25. The lowest BCUT2D eigenvalue weighted by Crippen LogP contribution is -2.59. The quantitative estimate of drug-likeness (QED) is 0.599. The third kappa shape index (κ3) is 4.75. The number of aryl methyl sites for hydroxylation is 2. The molecule has 32 heavy (non-hydrogen) atoms. The van der Waals surface area contributed by atoms with Crippen LogP contribution in [0.1, 0.15) is 21.6 Å². The first-order chi connectivity index (χ1) is 15.4. The van der Waals surface area contributed by atoms with Crippen molar-refractivity contribution in [1.82, 2.24) is 24.5 Å². The average Bonchev–Trinajstić information content (AvgIpc) is 3.20. The molecular formula is C24H29N5O3. The molecule has 1 unspecified atom stereocenters. The Labute approximate surface area is 187 Å². The molecule has 3 aromatic rings. The zero-order valence-electron chi connectivity index (χ0n) is 18.7. The van der Waals surface area contributed by atoms with Gasteiger partial charge in [-0.05, 0) is 44.2 Å². The molecule has 0 spiro atoms. The van der Waals surface area contributed by atoms with E-state index >= 15 is 0 Å². The van der Waals surface area contributed by atoms with Crippen LogP contribution in [0.15, 0.2) is 48.8 Å². The van der Waals surface area contributed by atoms with Crippen molar-refractivity contribution in [3.05, 3.63) is 65.6 Å². The summed E-state index contributed by atoms with van der Waals surface area (Å²) >= 11 is 0. The minimum Gasteiger partial charge on any atom is -0.491 e. The molecule has 0 aliphatic carbocycles. The molecule has 1 aliphatic heterocycles. The molecule has 1 atom stereocenters. The summed E-state index contributed by atoms with van der Waals surface area (Å²) in [4.78, 5) is 34.0. The molecule has 1 fully saturated rings. The van der Waals surface area contributed by atoms with Gasteiger partial charge in [0.25, 0.3) is 5.91 Å². The van der Waals surface area contributed by atoms with Crippen LogP contribution in [-0.4, -0.2) is 76.9 Å². The molecule has 0 saturated carbocycles. The summed E-state index contributed by atoms with van der Waals surface area (Å²) < 4.78 is 7.61. The van der Waals surface area contributed by atoms with E-state index in [2.05, 4.69) is 10.3 Å². The van der Waals surface area contributed by atoms with E-state index in [9.17, 15) is 9.59 Å². The minimum absolute atomic E-state index is 0.107. The van der Waals surface area contributed by atoms with Gasteiger partial charge in [0.15, 0.2) is 0 Å². The van der Waals surface area contributed by atoms with Crippen molar-refractivity contribution in [2.24, 2.45) is 0 Å². The summed E-state index contributed by atoms with van der Waals surface area (Å²) in [5.74, 6) is 0.556. The van der Waals surface area contributed by atoms with Gasteiger partial charge in [-0.2, -0.15) is 0 Å². The Morgan fingerprint density at radius 3 is 2.75 bits per heavy atom. The SMILES string of the molecule is Cc1ccc2nc(C(=O)N3CCN(C)C(C(=O)NCCOc4ccccc4C)C3)cn2c1. The summed E-state index contributed by atoms with van der Waals surface area (Å²) in [5, 5.41) is 2.94. The molecule has 0 bridgehead atoms. The molecular weight excluding hydrogens is 406 g/mol. The van der Waals surface area contributed by atoms with Crippen LogP contribution < -0.4 is 10.1 Å². The molecule has 2 amide bonds. The third-order valence-electron chi connectivity index (χ3n) is 5.81. The van der Waals surface area contributed by atoms with Crippen molar-refractivity contribution >= 4 is 17.5 Å². The average molecular weight is 436 g/mol. The first-order valence-corrected chi connectivity index (χ1v) is 10.8. The Bertz CT molecular complexity index is 1130. The highest BCUT2D eigenvalue weighted by Gasteiger charge is 2.33. The van der Waals surface area contributed by atoms with Gasteiger partial charge in [-0.15, -0.1) is 0 Å². The summed E-state index contributed by atoms with van der Waals surface area (Å²) in [6, 6.07) is 11.2. The van der Waals surface area contributed by atoms with E-state index in [1.807, 2.05) is 72.8 Å². The molecule has 1 aromatic carbocycles. The van der Waals surface area contributed by atoms with E-state index < -0.39 is 6.04 Å². The van der Waals surface area contributed by atoms with E-state index in [0.29, 0.717) is 38.5 Å². The Morgan fingerprint density at radius 1 is 1.12 bits per heavy atom. The zero-order valence-corrected chi connectivity index (χ0v) is 18.7. The standard InChI is InChI=1S/C24H29N5O3/c1-17-8-9-22-26-19(15-29(22)14-17)24(31)28-12-11-27(3)20(16-28)23(30)25-10-13-32-21-7-5-4-6-18(21)2/h4-9,14-15,20H,10-13,16H2,1-3H3,(H,25,30). The Hall–Kier alpha value is -3.39. The number of carbonyl (C=O) groups excluding carboxylic acids is 2. The second kappa shape index (κ2) is 9.40. The number of amides is 2. The van der Waals surface area contributed by atoms with Gasteiger partial charge >= 0.3 is 0 Å². The van der Waals surface area contributed by atoms with E-state index in [-0.39, 0.29) is 11.8 Å². The molecule has 1 saturated heterocycles. The summed E-state index contributed by atoms with van der Waals surface area (Å²) in [7, 11) is 1.91. The number of benzene rings is 1. The molecule has 8 nitrogen and oxygen atoms in total. The molecule has 3 heterocycles. The summed E-state index contributed by atoms with van der Waals surface area (Å²) in [6.45, 7) is 6.27. The van der Waals surface area contributed by atoms with Gasteiger partial charge in [-0.1, -0.05) is 24.3 Å². The number of fused-ring (bicyclic) bond motifs is 1. The van der Waals surface area contributed by atoms with Crippen LogP contribution in [0.25, 0.3) is 5.65 Å². The normalized spacial score (nSPS) is 16.8. The fourth-order valence-corrected chi connectivity index (χ4v) is 3.88. The van der Waals surface area contributed by atoms with Crippen LogP contribution >= 0.6 is 0 Å². The van der Waals surface area contributed by atoms with Crippen LogP contribution in [0, 0.1) is 13.8 Å². The lowest BCUT2D eigenvalue weighted by Gasteiger charge is -2.38. The van der Waals surface area contributed by atoms with Crippen molar-refractivity contribution in [1.29, 1.82) is 0 Å². The van der Waals surface area contributed by atoms with Crippen LogP contribution in [0.2, 0.25) is 0 Å². The number of pyridine rings is 1. The van der Waals surface area contributed by atoms with Gasteiger partial charge in [-0.3, -0.25) is 14.5 Å². The molecule has 2 aromatic heterocycles. The van der Waals surface area contributed by atoms with Crippen molar-refractivity contribution in [2.45, 2.75) is 19.9 Å². The van der Waals surface area contributed by atoms with E-state index in [4.69, 9.17) is 4.74 Å². The molecule has 8 heteroatoms. The molecule has 1 N–H and O–H groups in total. The summed E-state index contributed by atoms with van der Waals surface area (Å²) in [5.41, 5.74) is 3.28. The monoisotopic (exact) mass is 435 g/mol. The lowest BCUT2D eigenvalue weighted by molar-refractivity contribution is -0.127. The van der Waals surface area contributed by atoms with Gasteiger partial charge < -0.3 is 19.4 Å². The molecule has 1 aliphatic rings. The first kappa shape index (κ1) is 21.8. The zero-order chi connectivity index (χ0) is 22.7. The van der Waals surface area contributed by atoms with Crippen molar-refractivity contribution in [3.8, 4) is 5.75 Å². The predicted octanol–water partition coefficient (Wildman–Crippen LogP) is 1.90.